The first-order valence-electron chi connectivity index (χ1n) is 8.64. The van der Waals surface area contributed by atoms with Gasteiger partial charge in [0.15, 0.2) is 0 Å². The van der Waals surface area contributed by atoms with Crippen molar-refractivity contribution >= 4 is 5.57 Å². The van der Waals surface area contributed by atoms with E-state index >= 15 is 0 Å². The van der Waals surface area contributed by atoms with Crippen molar-refractivity contribution in [3.63, 3.8) is 0 Å². The zero-order chi connectivity index (χ0) is 17.1. The van der Waals surface area contributed by atoms with Crippen LogP contribution in [-0.2, 0) is 5.41 Å². The predicted octanol–water partition coefficient (Wildman–Crippen LogP) is 4.63. The molecule has 0 aliphatic heterocycles. The first-order valence-corrected chi connectivity index (χ1v) is 8.64. The first kappa shape index (κ1) is 14.3. The molecular formula is C23H16N2. The molecule has 3 aliphatic carbocycles. The van der Waals surface area contributed by atoms with Crippen molar-refractivity contribution < 1.29 is 0 Å². The zero-order valence-corrected chi connectivity index (χ0v) is 13.7. The molecule has 0 aromatic heterocycles. The Labute approximate surface area is 147 Å². The van der Waals surface area contributed by atoms with Crippen LogP contribution in [0.3, 0.4) is 0 Å². The molecule has 0 heterocycles. The number of benzene rings is 2. The van der Waals surface area contributed by atoms with Crippen LogP contribution in [0.15, 0.2) is 78.4 Å². The zero-order valence-electron chi connectivity index (χ0n) is 13.7. The van der Waals surface area contributed by atoms with Gasteiger partial charge in [-0.1, -0.05) is 72.8 Å². The smallest absolute Gasteiger partial charge is 0.0950 e. The van der Waals surface area contributed by atoms with Crippen LogP contribution in [0.25, 0.3) is 5.57 Å². The highest BCUT2D eigenvalue weighted by Crippen LogP contribution is 2.78. The van der Waals surface area contributed by atoms with Crippen molar-refractivity contribution in [1.82, 2.24) is 0 Å². The van der Waals surface area contributed by atoms with Gasteiger partial charge in [0.25, 0.3) is 0 Å². The van der Waals surface area contributed by atoms with E-state index < -0.39 is 5.41 Å². The SMILES string of the molecule is N#CC1=CC2(c3ccccc3)C3CC1C(c1ccccc1)=C[C@]32C#N. The molecule has 0 amide bonds. The van der Waals surface area contributed by atoms with Gasteiger partial charge in [0.05, 0.1) is 17.6 Å². The molecule has 2 nitrogen and oxygen atoms in total. The Kier molecular flexibility index (Phi) is 2.69. The maximum atomic E-state index is 10.2. The highest BCUT2D eigenvalue weighted by atomic mass is 14.8. The average Bonchev–Trinajstić information content (AvgIpc) is 3.34. The van der Waals surface area contributed by atoms with Crippen molar-refractivity contribution in [2.45, 2.75) is 11.8 Å². The molecule has 0 spiro atoms. The Morgan fingerprint density at radius 1 is 0.880 bits per heavy atom. The molecule has 2 aromatic carbocycles. The molecule has 0 N–H and O–H groups in total. The Bertz CT molecular complexity index is 1000. The summed E-state index contributed by atoms with van der Waals surface area (Å²) in [5.41, 5.74) is 3.34. The quantitative estimate of drug-likeness (QED) is 0.810. The van der Waals surface area contributed by atoms with Crippen LogP contribution in [0.5, 0.6) is 0 Å². The van der Waals surface area contributed by atoms with E-state index in [0.717, 1.165) is 28.7 Å². The van der Waals surface area contributed by atoms with Crippen LogP contribution in [-0.4, -0.2) is 0 Å². The molecular weight excluding hydrogens is 304 g/mol. The largest absolute Gasteiger partial charge is 0.197 e. The van der Waals surface area contributed by atoms with Crippen molar-refractivity contribution in [2.75, 3.05) is 0 Å². The van der Waals surface area contributed by atoms with Gasteiger partial charge in [0.2, 0.25) is 0 Å². The number of nitriles is 2. The third-order valence-electron chi connectivity index (χ3n) is 6.36. The fourth-order valence-electron chi connectivity index (χ4n) is 5.23. The van der Waals surface area contributed by atoms with Crippen molar-refractivity contribution in [2.24, 2.45) is 17.3 Å². The van der Waals surface area contributed by atoms with E-state index in [0.29, 0.717) is 0 Å². The van der Waals surface area contributed by atoms with Crippen molar-refractivity contribution in [3.05, 3.63) is 89.5 Å². The number of allylic oxidation sites excluding steroid dienone is 4. The molecule has 118 valence electrons. The number of hydrogen-bond acceptors (Lipinski definition) is 2. The second-order valence-corrected chi connectivity index (χ2v) is 7.23. The summed E-state index contributed by atoms with van der Waals surface area (Å²) in [5, 5.41) is 20.0. The molecule has 1 saturated carbocycles. The summed E-state index contributed by atoms with van der Waals surface area (Å²) < 4.78 is 0. The van der Waals surface area contributed by atoms with E-state index in [9.17, 15) is 10.5 Å². The van der Waals surface area contributed by atoms with Gasteiger partial charge in [-0.2, -0.15) is 10.5 Å². The summed E-state index contributed by atoms with van der Waals surface area (Å²) in [6.45, 7) is 0. The second-order valence-electron chi connectivity index (χ2n) is 7.23. The normalized spacial score (nSPS) is 34.2. The van der Waals surface area contributed by atoms with Gasteiger partial charge >= 0.3 is 0 Å². The Morgan fingerprint density at radius 2 is 1.56 bits per heavy atom. The third-order valence-corrected chi connectivity index (χ3v) is 6.36. The Balaban J connectivity index is 1.78. The molecule has 1 fully saturated rings. The minimum atomic E-state index is -0.533. The lowest BCUT2D eigenvalue weighted by molar-refractivity contribution is 0.533. The van der Waals surface area contributed by atoms with Crippen LogP contribution in [0.1, 0.15) is 17.5 Å². The first-order chi connectivity index (χ1) is 12.3. The standard InChI is InChI=1S/C23H16N2/c24-14-17-12-23(18-9-5-2-6-10-18)21-11-19(17)20(13-22(21,23)15-25)16-7-3-1-4-8-16/h1-10,12-13,19,21H,11H2/t19?,21?,22-,23?/m0/s1. The molecule has 3 unspecified atom stereocenters. The molecule has 2 bridgehead atoms. The molecule has 0 saturated heterocycles. The molecule has 2 aromatic rings. The van der Waals surface area contributed by atoms with Crippen LogP contribution in [0.4, 0.5) is 0 Å². The summed E-state index contributed by atoms with van der Waals surface area (Å²) >= 11 is 0. The summed E-state index contributed by atoms with van der Waals surface area (Å²) in [7, 11) is 0. The Hall–Kier alpha value is -3.10. The van der Waals surface area contributed by atoms with Crippen molar-refractivity contribution in [3.8, 4) is 12.1 Å². The molecule has 3 aliphatic rings. The second kappa shape index (κ2) is 4.71. The fourth-order valence-corrected chi connectivity index (χ4v) is 5.23. The van der Waals surface area contributed by atoms with E-state index in [1.807, 2.05) is 36.4 Å². The third kappa shape index (κ3) is 1.57. The molecule has 5 rings (SSSR count). The number of fused-ring (bicyclic) bond motifs is 2. The lowest BCUT2D eigenvalue weighted by Gasteiger charge is -2.27. The molecule has 0 radical (unpaired) electrons. The van der Waals surface area contributed by atoms with Crippen LogP contribution >= 0.6 is 0 Å². The van der Waals surface area contributed by atoms with Gasteiger partial charge in [-0.3, -0.25) is 0 Å². The van der Waals surface area contributed by atoms with E-state index in [4.69, 9.17) is 0 Å². The molecule has 4 atom stereocenters. The van der Waals surface area contributed by atoms with Gasteiger partial charge in [0, 0.05) is 16.9 Å². The summed E-state index contributed by atoms with van der Waals surface area (Å²) in [5.74, 6) is 0.375. The van der Waals surface area contributed by atoms with Gasteiger partial charge in [-0.05, 0) is 29.0 Å². The lowest BCUT2D eigenvalue weighted by Crippen LogP contribution is -2.18. The highest BCUT2D eigenvalue weighted by molar-refractivity contribution is 5.80. The summed E-state index contributed by atoms with van der Waals surface area (Å²) in [6.07, 6.45) is 5.16. The Morgan fingerprint density at radius 3 is 2.20 bits per heavy atom. The number of rotatable bonds is 2. The maximum Gasteiger partial charge on any atom is 0.0950 e. The lowest BCUT2D eigenvalue weighted by atomic mass is 9.75. The minimum Gasteiger partial charge on any atom is -0.197 e. The number of nitrogens with zero attached hydrogens (tertiary/aromatic N) is 2. The van der Waals surface area contributed by atoms with Gasteiger partial charge in [-0.15, -0.1) is 0 Å². The monoisotopic (exact) mass is 320 g/mol. The topological polar surface area (TPSA) is 47.6 Å². The van der Waals surface area contributed by atoms with Crippen LogP contribution in [0.2, 0.25) is 0 Å². The summed E-state index contributed by atoms with van der Waals surface area (Å²) in [4.78, 5) is 0. The highest BCUT2D eigenvalue weighted by Gasteiger charge is 2.79. The average molecular weight is 320 g/mol. The predicted molar refractivity (Wildman–Crippen MR) is 95.9 cm³/mol. The van der Waals surface area contributed by atoms with E-state index in [2.05, 4.69) is 48.6 Å². The van der Waals surface area contributed by atoms with E-state index in [-0.39, 0.29) is 17.3 Å². The molecule has 2 heteroatoms. The van der Waals surface area contributed by atoms with E-state index in [1.54, 1.807) is 0 Å². The van der Waals surface area contributed by atoms with E-state index in [1.165, 1.54) is 0 Å². The molecule has 25 heavy (non-hydrogen) atoms. The van der Waals surface area contributed by atoms with Gasteiger partial charge in [-0.25, -0.2) is 0 Å². The minimum absolute atomic E-state index is 0.109. The maximum absolute atomic E-state index is 10.2. The fraction of sp³-hybridized carbons (Fsp3) is 0.217. The van der Waals surface area contributed by atoms with Crippen molar-refractivity contribution in [1.29, 1.82) is 10.5 Å². The van der Waals surface area contributed by atoms with Crippen LogP contribution in [0, 0.1) is 39.9 Å². The van der Waals surface area contributed by atoms with Gasteiger partial charge in [0.1, 0.15) is 0 Å². The van der Waals surface area contributed by atoms with Gasteiger partial charge < -0.3 is 0 Å². The summed E-state index contributed by atoms with van der Waals surface area (Å²) in [6, 6.07) is 25.5. The number of hydrogen-bond donors (Lipinski definition) is 0. The van der Waals surface area contributed by atoms with Crippen LogP contribution < -0.4 is 0 Å².